The number of hydrogen-bond donors (Lipinski definition) is 2. The number of hydrogen-bond acceptors (Lipinski definition) is 8. The van der Waals surface area contributed by atoms with Gasteiger partial charge >= 0.3 is 12.1 Å². The first-order valence-corrected chi connectivity index (χ1v) is 15.8. The number of ether oxygens (including phenoxy) is 2. The molecule has 236 valence electrons. The second kappa shape index (κ2) is 14.1. The van der Waals surface area contributed by atoms with Crippen molar-refractivity contribution in [1.82, 2.24) is 9.88 Å². The molecule has 12 heteroatoms. The van der Waals surface area contributed by atoms with E-state index in [1.165, 1.54) is 59.6 Å². The maximum atomic E-state index is 13.3. The Kier molecular flexibility index (Phi) is 10.5. The first-order chi connectivity index (χ1) is 21.2. The lowest BCUT2D eigenvalue weighted by Gasteiger charge is -2.29. The molecular formula is C33H33ClN2O8S. The van der Waals surface area contributed by atoms with Gasteiger partial charge in [0.2, 0.25) is 15.7 Å². The number of carboxylic acid groups (broad SMARTS) is 1. The molecule has 0 aliphatic rings. The molecule has 1 aromatic heterocycles. The van der Waals surface area contributed by atoms with E-state index in [-0.39, 0.29) is 40.1 Å². The van der Waals surface area contributed by atoms with Gasteiger partial charge in [-0.25, -0.2) is 23.0 Å². The zero-order valence-electron chi connectivity index (χ0n) is 24.9. The van der Waals surface area contributed by atoms with Gasteiger partial charge in [0.25, 0.3) is 0 Å². The monoisotopic (exact) mass is 652 g/mol. The predicted molar refractivity (Wildman–Crippen MR) is 168 cm³/mol. The fourth-order valence-corrected chi connectivity index (χ4v) is 5.74. The minimum absolute atomic E-state index is 0.0215. The number of aromatic carboxylic acids is 1. The molecule has 0 saturated carbocycles. The Morgan fingerprint density at radius 2 is 1.60 bits per heavy atom. The molecule has 0 spiro atoms. The van der Waals surface area contributed by atoms with E-state index in [1.807, 2.05) is 0 Å². The van der Waals surface area contributed by atoms with E-state index >= 15 is 0 Å². The number of carbonyl (C=O) groups excluding carboxylic acids is 1. The number of aliphatic hydroxyl groups is 1. The van der Waals surface area contributed by atoms with E-state index in [4.69, 9.17) is 21.1 Å². The van der Waals surface area contributed by atoms with Crippen LogP contribution in [-0.2, 0) is 21.0 Å². The van der Waals surface area contributed by atoms with Gasteiger partial charge in [0.05, 0.1) is 22.4 Å². The van der Waals surface area contributed by atoms with Crippen LogP contribution in [0.15, 0.2) is 101 Å². The third kappa shape index (κ3) is 9.04. The number of aliphatic hydroxyl groups excluding tert-OH is 1. The molecule has 45 heavy (non-hydrogen) atoms. The van der Waals surface area contributed by atoms with Crippen molar-refractivity contribution in [2.75, 3.05) is 13.1 Å². The summed E-state index contributed by atoms with van der Waals surface area (Å²) in [5, 5.41) is 20.6. The van der Waals surface area contributed by atoms with Gasteiger partial charge in [-0.3, -0.25) is 0 Å². The Hall–Kier alpha value is -4.45. The van der Waals surface area contributed by atoms with Gasteiger partial charge in [-0.05, 0) is 99.0 Å². The molecule has 4 aromatic rings. The Labute approximate surface area is 266 Å². The van der Waals surface area contributed by atoms with Crippen LogP contribution in [0.1, 0.15) is 48.4 Å². The van der Waals surface area contributed by atoms with Crippen molar-refractivity contribution in [3.05, 3.63) is 113 Å². The first-order valence-electron chi connectivity index (χ1n) is 13.9. The molecule has 0 saturated heterocycles. The maximum absolute atomic E-state index is 13.3. The number of pyridine rings is 1. The molecule has 4 rings (SSSR count). The predicted octanol–water partition coefficient (Wildman–Crippen LogP) is 6.57. The Morgan fingerprint density at radius 1 is 0.956 bits per heavy atom. The highest BCUT2D eigenvalue weighted by atomic mass is 35.5. The molecule has 0 aliphatic carbocycles. The van der Waals surface area contributed by atoms with Crippen molar-refractivity contribution in [3.63, 3.8) is 0 Å². The van der Waals surface area contributed by atoms with E-state index < -0.39 is 33.6 Å². The van der Waals surface area contributed by atoms with Crippen molar-refractivity contribution in [2.45, 2.75) is 48.7 Å². The van der Waals surface area contributed by atoms with Crippen molar-refractivity contribution in [2.24, 2.45) is 0 Å². The summed E-state index contributed by atoms with van der Waals surface area (Å²) in [6.45, 7) is 5.45. The zero-order valence-corrected chi connectivity index (χ0v) is 26.5. The number of halogens is 1. The van der Waals surface area contributed by atoms with Gasteiger partial charge in [0, 0.05) is 17.8 Å². The van der Waals surface area contributed by atoms with Crippen LogP contribution >= 0.6 is 11.6 Å². The minimum atomic E-state index is -3.88. The van der Waals surface area contributed by atoms with E-state index in [9.17, 15) is 28.2 Å². The third-order valence-corrected chi connectivity index (χ3v) is 8.55. The van der Waals surface area contributed by atoms with Gasteiger partial charge < -0.3 is 24.6 Å². The summed E-state index contributed by atoms with van der Waals surface area (Å²) >= 11 is 6.07. The van der Waals surface area contributed by atoms with Gasteiger partial charge in [0.15, 0.2) is 0 Å². The van der Waals surface area contributed by atoms with Crippen LogP contribution in [0.2, 0.25) is 5.02 Å². The van der Waals surface area contributed by atoms with E-state index in [0.29, 0.717) is 17.0 Å². The van der Waals surface area contributed by atoms with Crippen LogP contribution in [0.4, 0.5) is 4.79 Å². The first kappa shape index (κ1) is 33.4. The standard InChI is InChI=1S/C33H33ClN2O8S/c1-33(2,3)44-32(40)36(21-29(37)23-6-4-7-24(34)20-23)19-17-22-9-13-26(14-10-22)45(41,42)27-15-11-25(12-16-27)43-30-28(31(38)39)8-5-18-35-30/h4-16,18,20,29,37H,17,19,21H2,1-3H3,(H,38,39)/t29-/m0/s1. The smallest absolute Gasteiger partial charge is 0.410 e. The van der Waals surface area contributed by atoms with Crippen LogP contribution in [0, 0.1) is 0 Å². The molecule has 1 atom stereocenters. The highest BCUT2D eigenvalue weighted by Gasteiger charge is 2.25. The van der Waals surface area contributed by atoms with Crippen molar-refractivity contribution in [3.8, 4) is 11.6 Å². The average Bonchev–Trinajstić information content (AvgIpc) is 2.99. The molecule has 1 heterocycles. The van der Waals surface area contributed by atoms with Crippen LogP contribution in [0.3, 0.4) is 0 Å². The summed E-state index contributed by atoms with van der Waals surface area (Å²) in [7, 11) is -3.88. The van der Waals surface area contributed by atoms with Crippen molar-refractivity contribution < 1.29 is 37.7 Å². The van der Waals surface area contributed by atoms with Crippen LogP contribution in [0.25, 0.3) is 0 Å². The zero-order chi connectivity index (χ0) is 32.8. The second-order valence-electron chi connectivity index (χ2n) is 11.1. The lowest BCUT2D eigenvalue weighted by Crippen LogP contribution is -2.40. The summed E-state index contributed by atoms with van der Waals surface area (Å²) in [5.41, 5.74) is 0.470. The van der Waals surface area contributed by atoms with Crippen molar-refractivity contribution in [1.29, 1.82) is 0 Å². The normalized spacial score (nSPS) is 12.3. The number of benzene rings is 3. The number of amides is 1. The third-order valence-electron chi connectivity index (χ3n) is 6.53. The molecule has 2 N–H and O–H groups in total. The summed E-state index contributed by atoms with van der Waals surface area (Å²) < 4.78 is 37.7. The van der Waals surface area contributed by atoms with Crippen LogP contribution < -0.4 is 4.74 Å². The Bertz CT molecular complexity index is 1750. The summed E-state index contributed by atoms with van der Waals surface area (Å²) in [5.74, 6) is -1.09. The summed E-state index contributed by atoms with van der Waals surface area (Å²) in [4.78, 5) is 29.8. The van der Waals surface area contributed by atoms with E-state index in [0.717, 1.165) is 5.56 Å². The molecule has 0 fully saturated rings. The quantitative estimate of drug-likeness (QED) is 0.184. The minimum Gasteiger partial charge on any atom is -0.477 e. The Morgan fingerprint density at radius 3 is 2.20 bits per heavy atom. The number of sulfone groups is 1. The Balaban J connectivity index is 1.44. The molecule has 3 aromatic carbocycles. The lowest BCUT2D eigenvalue weighted by atomic mass is 10.1. The highest BCUT2D eigenvalue weighted by molar-refractivity contribution is 7.91. The van der Waals surface area contributed by atoms with Gasteiger partial charge in [0.1, 0.15) is 16.9 Å². The molecule has 0 aliphatic heterocycles. The summed E-state index contributed by atoms with van der Waals surface area (Å²) in [6.07, 6.45) is 0.185. The number of rotatable bonds is 11. The largest absolute Gasteiger partial charge is 0.477 e. The van der Waals surface area contributed by atoms with Crippen molar-refractivity contribution >= 4 is 33.5 Å². The average molecular weight is 653 g/mol. The fourth-order valence-electron chi connectivity index (χ4n) is 4.28. The molecule has 10 nitrogen and oxygen atoms in total. The topological polar surface area (TPSA) is 143 Å². The van der Waals surface area contributed by atoms with Gasteiger partial charge in [-0.15, -0.1) is 0 Å². The summed E-state index contributed by atoms with van der Waals surface area (Å²) in [6, 6.07) is 21.5. The van der Waals surface area contributed by atoms with E-state index in [2.05, 4.69) is 4.98 Å². The molecule has 1 amide bonds. The molecule has 0 unspecified atom stereocenters. The van der Waals surface area contributed by atoms with Crippen LogP contribution in [0.5, 0.6) is 11.6 Å². The van der Waals surface area contributed by atoms with E-state index in [1.54, 1.807) is 57.2 Å². The van der Waals surface area contributed by atoms with Gasteiger partial charge in [-0.2, -0.15) is 0 Å². The maximum Gasteiger partial charge on any atom is 0.410 e. The van der Waals surface area contributed by atoms with Gasteiger partial charge in [-0.1, -0.05) is 35.9 Å². The van der Waals surface area contributed by atoms with Crippen LogP contribution in [-0.4, -0.2) is 59.3 Å². The highest BCUT2D eigenvalue weighted by Crippen LogP contribution is 2.27. The number of aromatic nitrogens is 1. The molecule has 0 radical (unpaired) electrons. The number of nitrogens with zero attached hydrogens (tertiary/aromatic N) is 2. The SMILES string of the molecule is CC(C)(C)OC(=O)N(CCc1ccc(S(=O)(=O)c2ccc(Oc3ncccc3C(=O)O)cc2)cc1)C[C@H](O)c1cccc(Cl)c1. The molecular weight excluding hydrogens is 620 g/mol. The molecule has 0 bridgehead atoms. The number of carbonyl (C=O) groups is 2. The lowest BCUT2D eigenvalue weighted by molar-refractivity contribution is 0.0147. The fraction of sp³-hybridized carbons (Fsp3) is 0.242. The number of carboxylic acids is 1. The second-order valence-corrected chi connectivity index (χ2v) is 13.5.